The van der Waals surface area contributed by atoms with E-state index in [0.717, 1.165) is 0 Å². The number of benzene rings is 2. The molecular weight excluding hydrogens is 338 g/mol. The lowest BCUT2D eigenvalue weighted by atomic mass is 10.0. The number of phenols is 1. The van der Waals surface area contributed by atoms with E-state index in [1.807, 2.05) is 0 Å². The van der Waals surface area contributed by atoms with Crippen LogP contribution in [0.2, 0.25) is 0 Å². The van der Waals surface area contributed by atoms with E-state index in [2.05, 4.69) is 0 Å². The molecule has 0 fully saturated rings. The van der Waals surface area contributed by atoms with Gasteiger partial charge >= 0.3 is 0 Å². The van der Waals surface area contributed by atoms with Crippen molar-refractivity contribution in [2.24, 2.45) is 5.73 Å². The zero-order valence-corrected chi connectivity index (χ0v) is 14.6. The van der Waals surface area contributed by atoms with Crippen molar-refractivity contribution < 1.29 is 28.9 Å². The number of carbonyl (C=O) groups excluding carboxylic acids is 2. The highest BCUT2D eigenvalue weighted by molar-refractivity contribution is 6.08. The molecule has 0 aliphatic heterocycles. The molecule has 0 radical (unpaired) electrons. The second-order valence-corrected chi connectivity index (χ2v) is 5.25. The van der Waals surface area contributed by atoms with Crippen molar-refractivity contribution in [2.45, 2.75) is 0 Å². The molecule has 7 heteroatoms. The van der Waals surface area contributed by atoms with Gasteiger partial charge in [-0.1, -0.05) is 6.08 Å². The second-order valence-electron chi connectivity index (χ2n) is 5.25. The summed E-state index contributed by atoms with van der Waals surface area (Å²) in [7, 11) is 4.50. The van der Waals surface area contributed by atoms with Gasteiger partial charge in [-0.2, -0.15) is 0 Å². The first-order chi connectivity index (χ1) is 12.4. The Morgan fingerprint density at radius 2 is 1.62 bits per heavy atom. The first-order valence-electron chi connectivity index (χ1n) is 7.56. The number of primary amides is 1. The Balaban J connectivity index is 2.33. The first kappa shape index (κ1) is 18.9. The maximum absolute atomic E-state index is 12.3. The fourth-order valence-corrected chi connectivity index (χ4v) is 2.35. The van der Waals surface area contributed by atoms with E-state index in [1.54, 1.807) is 18.2 Å². The summed E-state index contributed by atoms with van der Waals surface area (Å²) < 4.78 is 15.8. The van der Waals surface area contributed by atoms with Crippen LogP contribution < -0.4 is 19.9 Å². The van der Waals surface area contributed by atoms with E-state index in [0.29, 0.717) is 22.8 Å². The normalized spacial score (nSPS) is 10.6. The van der Waals surface area contributed by atoms with E-state index < -0.39 is 5.91 Å². The van der Waals surface area contributed by atoms with Crippen LogP contribution in [0.5, 0.6) is 23.0 Å². The Morgan fingerprint density at radius 3 is 2.12 bits per heavy atom. The topological polar surface area (TPSA) is 108 Å². The van der Waals surface area contributed by atoms with Gasteiger partial charge in [-0.15, -0.1) is 0 Å². The molecule has 0 spiro atoms. The lowest BCUT2D eigenvalue weighted by molar-refractivity contribution is 0.0997. The van der Waals surface area contributed by atoms with Crippen molar-refractivity contribution in [2.75, 3.05) is 21.3 Å². The van der Waals surface area contributed by atoms with Crippen LogP contribution in [0.3, 0.4) is 0 Å². The molecule has 0 unspecified atom stereocenters. The summed E-state index contributed by atoms with van der Waals surface area (Å²) >= 11 is 0. The van der Waals surface area contributed by atoms with Gasteiger partial charge in [0.1, 0.15) is 5.75 Å². The molecule has 0 atom stereocenters. The molecule has 7 nitrogen and oxygen atoms in total. The van der Waals surface area contributed by atoms with Gasteiger partial charge in [0.25, 0.3) is 5.91 Å². The van der Waals surface area contributed by atoms with E-state index in [9.17, 15) is 14.7 Å². The molecule has 0 aromatic heterocycles. The number of ketones is 1. The predicted octanol–water partition coefficient (Wildman–Crippen LogP) is 2.41. The highest BCUT2D eigenvalue weighted by Gasteiger charge is 2.13. The Hall–Kier alpha value is -3.48. The molecule has 26 heavy (non-hydrogen) atoms. The van der Waals surface area contributed by atoms with Crippen molar-refractivity contribution in [1.82, 2.24) is 0 Å². The standard InChI is InChI=1S/C19H19NO6/c1-24-16-8-11(9-17(25-2)18(16)26-3)4-6-14(21)12-5-7-15(22)13(10-12)19(20)23/h4-10,22H,1-3H3,(H2,20,23). The summed E-state index contributed by atoms with van der Waals surface area (Å²) in [6.07, 6.45) is 2.90. The van der Waals surface area contributed by atoms with Gasteiger partial charge in [0, 0.05) is 5.56 Å². The third-order valence-electron chi connectivity index (χ3n) is 3.66. The van der Waals surface area contributed by atoms with Crippen molar-refractivity contribution in [3.8, 4) is 23.0 Å². The molecule has 0 saturated heterocycles. The third kappa shape index (κ3) is 3.94. The maximum atomic E-state index is 12.3. The van der Waals surface area contributed by atoms with E-state index >= 15 is 0 Å². The van der Waals surface area contributed by atoms with Crippen LogP contribution in [-0.2, 0) is 0 Å². The largest absolute Gasteiger partial charge is 0.507 e. The Morgan fingerprint density at radius 1 is 1.00 bits per heavy atom. The SMILES string of the molecule is COc1cc(C=CC(=O)c2ccc(O)c(C(N)=O)c2)cc(OC)c1OC. The van der Waals surface area contributed by atoms with Crippen molar-refractivity contribution >= 4 is 17.8 Å². The quantitative estimate of drug-likeness (QED) is 0.582. The molecule has 2 aromatic carbocycles. The van der Waals surface area contributed by atoms with Crippen molar-refractivity contribution in [3.05, 3.63) is 53.1 Å². The van der Waals surface area contributed by atoms with Crippen molar-refractivity contribution in [1.29, 1.82) is 0 Å². The zero-order valence-electron chi connectivity index (χ0n) is 14.6. The fraction of sp³-hybridized carbons (Fsp3) is 0.158. The maximum Gasteiger partial charge on any atom is 0.252 e. The van der Waals surface area contributed by atoms with Gasteiger partial charge in [0.2, 0.25) is 5.75 Å². The second kappa shape index (κ2) is 8.06. The van der Waals surface area contributed by atoms with Crippen molar-refractivity contribution in [3.63, 3.8) is 0 Å². The predicted molar refractivity (Wildman–Crippen MR) is 96.1 cm³/mol. The number of aromatic hydroxyl groups is 1. The first-order valence-corrected chi connectivity index (χ1v) is 7.56. The lowest BCUT2D eigenvalue weighted by Crippen LogP contribution is -2.12. The molecule has 1 amide bonds. The Labute approximate surface area is 150 Å². The van der Waals surface area contributed by atoms with Crippen LogP contribution in [0.25, 0.3) is 6.08 Å². The fourth-order valence-electron chi connectivity index (χ4n) is 2.35. The average molecular weight is 357 g/mol. The molecule has 0 heterocycles. The van der Waals surface area contributed by atoms with Gasteiger partial charge in [0.05, 0.1) is 26.9 Å². The van der Waals surface area contributed by atoms with Crippen LogP contribution in [0.15, 0.2) is 36.4 Å². The molecule has 2 rings (SSSR count). The molecule has 0 aliphatic carbocycles. The Kier molecular flexibility index (Phi) is 5.85. The smallest absolute Gasteiger partial charge is 0.252 e. The number of hydrogen-bond acceptors (Lipinski definition) is 6. The summed E-state index contributed by atoms with van der Waals surface area (Å²) in [6, 6.07) is 7.29. The molecule has 0 aliphatic rings. The number of hydrogen-bond donors (Lipinski definition) is 2. The number of carbonyl (C=O) groups is 2. The Bertz CT molecular complexity index is 847. The van der Waals surface area contributed by atoms with Gasteiger partial charge in [-0.25, -0.2) is 0 Å². The van der Waals surface area contributed by atoms with Gasteiger partial charge < -0.3 is 25.1 Å². The molecule has 3 N–H and O–H groups in total. The number of allylic oxidation sites excluding steroid dienone is 1. The van der Waals surface area contributed by atoms with Gasteiger partial charge in [0.15, 0.2) is 17.3 Å². The molecule has 0 saturated carbocycles. The van der Waals surface area contributed by atoms with Crippen LogP contribution in [-0.4, -0.2) is 38.1 Å². The molecular formula is C19H19NO6. The number of rotatable bonds is 7. The zero-order chi connectivity index (χ0) is 19.3. The molecule has 2 aromatic rings. The highest BCUT2D eigenvalue weighted by Crippen LogP contribution is 2.38. The summed E-state index contributed by atoms with van der Waals surface area (Å²) in [5.41, 5.74) is 5.94. The minimum absolute atomic E-state index is 0.114. The van der Waals surface area contributed by atoms with Gasteiger partial charge in [-0.05, 0) is 42.0 Å². The number of amides is 1. The summed E-state index contributed by atoms with van der Waals surface area (Å²) in [4.78, 5) is 23.6. The average Bonchev–Trinajstić information content (AvgIpc) is 2.65. The monoisotopic (exact) mass is 357 g/mol. The minimum atomic E-state index is -0.814. The third-order valence-corrected chi connectivity index (χ3v) is 3.66. The summed E-state index contributed by atoms with van der Waals surface area (Å²) in [5.74, 6) is -0.0861. The molecule has 136 valence electrons. The van der Waals surface area contributed by atoms with Crippen LogP contribution in [0.4, 0.5) is 0 Å². The van der Waals surface area contributed by atoms with Crippen LogP contribution in [0, 0.1) is 0 Å². The van der Waals surface area contributed by atoms with Crippen LogP contribution in [0.1, 0.15) is 26.3 Å². The number of methoxy groups -OCH3 is 3. The number of nitrogens with two attached hydrogens (primary N) is 1. The molecule has 0 bridgehead atoms. The summed E-state index contributed by atoms with van der Waals surface area (Å²) in [5, 5.41) is 9.59. The lowest BCUT2D eigenvalue weighted by Gasteiger charge is -2.12. The van der Waals surface area contributed by atoms with E-state index in [4.69, 9.17) is 19.9 Å². The minimum Gasteiger partial charge on any atom is -0.507 e. The van der Waals surface area contributed by atoms with E-state index in [1.165, 1.54) is 45.6 Å². The number of ether oxygens (including phenoxy) is 3. The summed E-state index contributed by atoms with van der Waals surface area (Å²) in [6.45, 7) is 0. The van der Waals surface area contributed by atoms with Gasteiger partial charge in [-0.3, -0.25) is 9.59 Å². The highest BCUT2D eigenvalue weighted by atomic mass is 16.5. The van der Waals surface area contributed by atoms with E-state index in [-0.39, 0.29) is 22.7 Å². The van der Waals surface area contributed by atoms with Crippen LogP contribution >= 0.6 is 0 Å².